The molecule has 1 atom stereocenters. The number of carbonyl (C=O) groups is 2. The highest BCUT2D eigenvalue weighted by Crippen LogP contribution is 2.50. The number of likely N-dealkylation sites (N-methyl/N-ethyl adjacent to an activating group) is 1. The van der Waals surface area contributed by atoms with Gasteiger partial charge in [-0.05, 0) is 19.1 Å². The van der Waals surface area contributed by atoms with Crippen molar-refractivity contribution in [3.05, 3.63) is 63.1 Å². The molecule has 6 heteroatoms. The zero-order valence-electron chi connectivity index (χ0n) is 13.8. The molecule has 1 aliphatic heterocycles. The summed E-state index contributed by atoms with van der Waals surface area (Å²) in [5.41, 5.74) is 0.960. The van der Waals surface area contributed by atoms with Gasteiger partial charge in [0, 0.05) is 29.6 Å². The highest BCUT2D eigenvalue weighted by atomic mass is 35.5. The summed E-state index contributed by atoms with van der Waals surface area (Å²) >= 11 is 12.6. The lowest BCUT2D eigenvalue weighted by atomic mass is 9.77. The van der Waals surface area contributed by atoms with Crippen molar-refractivity contribution in [2.24, 2.45) is 0 Å². The number of halogens is 2. The van der Waals surface area contributed by atoms with Crippen molar-refractivity contribution in [3.8, 4) is 0 Å². The lowest BCUT2D eigenvalue weighted by Crippen LogP contribution is -2.43. The van der Waals surface area contributed by atoms with E-state index in [-0.39, 0.29) is 18.1 Å². The van der Waals surface area contributed by atoms with Gasteiger partial charge in [0.1, 0.15) is 5.41 Å². The Bertz CT molecular complexity index is 864. The third-order valence-corrected chi connectivity index (χ3v) is 5.33. The van der Waals surface area contributed by atoms with Crippen LogP contribution in [0.2, 0.25) is 10.0 Å². The lowest BCUT2D eigenvalue weighted by molar-refractivity contribution is -0.124. The molecule has 2 aromatic carbocycles. The molecule has 0 aliphatic carbocycles. The van der Waals surface area contributed by atoms with Crippen molar-refractivity contribution in [1.82, 2.24) is 0 Å². The van der Waals surface area contributed by atoms with E-state index < -0.39 is 12.0 Å². The van der Waals surface area contributed by atoms with Gasteiger partial charge in [-0.2, -0.15) is 0 Å². The SMILES string of the molecule is Cc1ccc(C(=O)CC2(CO)C(=O)N(C)c3c(Cl)ccc(Cl)c32)cc1. The molecule has 0 fully saturated rings. The van der Waals surface area contributed by atoms with Crippen LogP contribution in [0.5, 0.6) is 0 Å². The summed E-state index contributed by atoms with van der Waals surface area (Å²) in [6, 6.07) is 10.3. The molecule has 0 radical (unpaired) electrons. The van der Waals surface area contributed by atoms with E-state index in [1.54, 1.807) is 31.3 Å². The molecule has 130 valence electrons. The number of aliphatic hydroxyl groups excluding tert-OH is 1. The number of Topliss-reactive ketones (excluding diaryl/α,β-unsaturated/α-hetero) is 1. The van der Waals surface area contributed by atoms with Gasteiger partial charge >= 0.3 is 0 Å². The number of rotatable bonds is 4. The van der Waals surface area contributed by atoms with Crippen molar-refractivity contribution in [3.63, 3.8) is 0 Å². The monoisotopic (exact) mass is 377 g/mol. The first-order valence-corrected chi connectivity index (χ1v) is 8.55. The van der Waals surface area contributed by atoms with E-state index in [1.807, 2.05) is 19.1 Å². The van der Waals surface area contributed by atoms with Gasteiger partial charge in [0.2, 0.25) is 5.91 Å². The van der Waals surface area contributed by atoms with Crippen molar-refractivity contribution in [1.29, 1.82) is 0 Å². The van der Waals surface area contributed by atoms with E-state index in [0.29, 0.717) is 26.9 Å². The Balaban J connectivity index is 2.10. The second-order valence-corrected chi connectivity index (χ2v) is 7.14. The topological polar surface area (TPSA) is 57.6 Å². The summed E-state index contributed by atoms with van der Waals surface area (Å²) in [5, 5.41) is 10.8. The molecule has 0 spiro atoms. The second-order valence-electron chi connectivity index (χ2n) is 6.32. The number of aliphatic hydroxyl groups is 1. The van der Waals surface area contributed by atoms with Crippen LogP contribution in [0.15, 0.2) is 36.4 Å². The fraction of sp³-hybridized carbons (Fsp3) is 0.263. The van der Waals surface area contributed by atoms with Crippen LogP contribution in [0.4, 0.5) is 5.69 Å². The van der Waals surface area contributed by atoms with Crippen LogP contribution in [-0.4, -0.2) is 30.5 Å². The largest absolute Gasteiger partial charge is 0.395 e. The van der Waals surface area contributed by atoms with Crippen molar-refractivity contribution in [2.75, 3.05) is 18.6 Å². The fourth-order valence-corrected chi connectivity index (χ4v) is 3.95. The minimum absolute atomic E-state index is 0.178. The van der Waals surface area contributed by atoms with Crippen molar-refractivity contribution in [2.45, 2.75) is 18.8 Å². The van der Waals surface area contributed by atoms with Crippen LogP contribution in [0.3, 0.4) is 0 Å². The molecular formula is C19H17Cl2NO3. The smallest absolute Gasteiger partial charge is 0.240 e. The quantitative estimate of drug-likeness (QED) is 0.824. The molecule has 1 amide bonds. The summed E-state index contributed by atoms with van der Waals surface area (Å²) in [6.45, 7) is 1.40. The van der Waals surface area contributed by atoms with E-state index in [9.17, 15) is 14.7 Å². The van der Waals surface area contributed by atoms with E-state index >= 15 is 0 Å². The van der Waals surface area contributed by atoms with E-state index in [4.69, 9.17) is 23.2 Å². The predicted octanol–water partition coefficient (Wildman–Crippen LogP) is 3.78. The van der Waals surface area contributed by atoms with E-state index in [2.05, 4.69) is 0 Å². The second kappa shape index (κ2) is 6.45. The first kappa shape index (κ1) is 17.9. The number of benzene rings is 2. The Hall–Kier alpha value is -1.88. The fourth-order valence-electron chi connectivity index (χ4n) is 3.34. The summed E-state index contributed by atoms with van der Waals surface area (Å²) < 4.78 is 0. The van der Waals surface area contributed by atoms with Crippen molar-refractivity contribution < 1.29 is 14.7 Å². The molecule has 0 bridgehead atoms. The average Bonchev–Trinajstić information content (AvgIpc) is 2.82. The molecule has 3 rings (SSSR count). The molecule has 0 saturated carbocycles. The molecule has 0 saturated heterocycles. The molecule has 2 aromatic rings. The number of carbonyl (C=O) groups excluding carboxylic acids is 2. The number of aryl methyl sites for hydroxylation is 1. The molecule has 1 aliphatic rings. The van der Waals surface area contributed by atoms with Crippen LogP contribution in [-0.2, 0) is 10.2 Å². The Labute approximate surface area is 156 Å². The van der Waals surface area contributed by atoms with E-state index in [0.717, 1.165) is 5.56 Å². The molecule has 1 unspecified atom stereocenters. The zero-order chi connectivity index (χ0) is 18.4. The number of anilines is 1. The van der Waals surface area contributed by atoms with Crippen LogP contribution in [0.1, 0.15) is 27.9 Å². The molecular weight excluding hydrogens is 361 g/mol. The Morgan fingerprint density at radius 1 is 1.12 bits per heavy atom. The Morgan fingerprint density at radius 2 is 1.72 bits per heavy atom. The van der Waals surface area contributed by atoms with Gasteiger partial charge in [0.25, 0.3) is 0 Å². The summed E-state index contributed by atoms with van der Waals surface area (Å²) in [6.07, 6.45) is -0.178. The number of amides is 1. The number of nitrogens with zero attached hydrogens (tertiary/aromatic N) is 1. The van der Waals surface area contributed by atoms with Crippen LogP contribution in [0, 0.1) is 6.92 Å². The van der Waals surface area contributed by atoms with Crippen molar-refractivity contribution >= 4 is 40.6 Å². The third kappa shape index (κ3) is 2.74. The predicted molar refractivity (Wildman–Crippen MR) is 98.8 cm³/mol. The van der Waals surface area contributed by atoms with Gasteiger partial charge in [-0.15, -0.1) is 0 Å². The average molecular weight is 378 g/mol. The molecule has 0 aromatic heterocycles. The van der Waals surface area contributed by atoms with Gasteiger partial charge in [0.15, 0.2) is 5.78 Å². The minimum Gasteiger partial charge on any atom is -0.395 e. The number of hydrogen-bond acceptors (Lipinski definition) is 3. The first-order chi connectivity index (χ1) is 11.8. The summed E-state index contributed by atoms with van der Waals surface area (Å²) in [7, 11) is 1.57. The van der Waals surface area contributed by atoms with E-state index in [1.165, 1.54) is 4.90 Å². The summed E-state index contributed by atoms with van der Waals surface area (Å²) in [5.74, 6) is -0.625. The molecule has 1 heterocycles. The lowest BCUT2D eigenvalue weighted by Gasteiger charge is -2.25. The number of hydrogen-bond donors (Lipinski definition) is 1. The Kier molecular flexibility index (Phi) is 4.62. The van der Waals surface area contributed by atoms with Crippen LogP contribution in [0.25, 0.3) is 0 Å². The summed E-state index contributed by atoms with van der Waals surface area (Å²) in [4.78, 5) is 27.1. The number of fused-ring (bicyclic) bond motifs is 1. The maximum absolute atomic E-state index is 12.9. The highest BCUT2D eigenvalue weighted by Gasteiger charge is 2.52. The van der Waals surface area contributed by atoms with Crippen LogP contribution < -0.4 is 4.90 Å². The Morgan fingerprint density at radius 3 is 2.32 bits per heavy atom. The molecule has 4 nitrogen and oxygen atoms in total. The molecule has 1 N–H and O–H groups in total. The highest BCUT2D eigenvalue weighted by molar-refractivity contribution is 6.38. The number of ketones is 1. The van der Waals surface area contributed by atoms with Gasteiger partial charge in [-0.1, -0.05) is 53.0 Å². The van der Waals surface area contributed by atoms with Gasteiger partial charge in [-0.25, -0.2) is 0 Å². The first-order valence-electron chi connectivity index (χ1n) is 7.79. The van der Waals surface area contributed by atoms with Gasteiger partial charge in [0.05, 0.1) is 17.3 Å². The maximum Gasteiger partial charge on any atom is 0.240 e. The zero-order valence-corrected chi connectivity index (χ0v) is 15.4. The maximum atomic E-state index is 12.9. The van der Waals surface area contributed by atoms with Crippen LogP contribution >= 0.6 is 23.2 Å². The normalized spacial score (nSPS) is 19.2. The minimum atomic E-state index is -1.42. The third-order valence-electron chi connectivity index (χ3n) is 4.71. The van der Waals surface area contributed by atoms with Gasteiger partial charge < -0.3 is 10.0 Å². The molecule has 25 heavy (non-hydrogen) atoms. The van der Waals surface area contributed by atoms with Gasteiger partial charge in [-0.3, -0.25) is 9.59 Å². The standard InChI is InChI=1S/C19H17Cl2NO3/c1-11-3-5-12(6-4-11)15(24)9-19(10-23)16-13(20)7-8-14(21)17(16)22(2)18(19)25/h3-8,23H,9-10H2,1-2H3.